The molecule has 0 aliphatic heterocycles. The third-order valence-corrected chi connectivity index (χ3v) is 2.35. The Labute approximate surface area is 96.6 Å². The van der Waals surface area contributed by atoms with Crippen molar-refractivity contribution < 1.29 is 14.3 Å². The van der Waals surface area contributed by atoms with E-state index in [1.54, 1.807) is 24.3 Å². The van der Waals surface area contributed by atoms with Crippen molar-refractivity contribution in [2.75, 3.05) is 0 Å². The van der Waals surface area contributed by atoms with E-state index >= 15 is 0 Å². The van der Waals surface area contributed by atoms with Gasteiger partial charge in [-0.05, 0) is 19.1 Å². The van der Waals surface area contributed by atoms with Gasteiger partial charge in [0.05, 0.1) is 0 Å². The summed E-state index contributed by atoms with van der Waals surface area (Å²) >= 11 is 3.29. The maximum Gasteiger partial charge on any atom is 0.303 e. The van der Waals surface area contributed by atoms with Crippen molar-refractivity contribution in [1.82, 2.24) is 0 Å². The zero-order valence-corrected chi connectivity index (χ0v) is 10.1. The maximum absolute atomic E-state index is 11.3. The van der Waals surface area contributed by atoms with Gasteiger partial charge in [0.1, 0.15) is 0 Å². The van der Waals surface area contributed by atoms with Gasteiger partial charge in [0.2, 0.25) is 0 Å². The number of esters is 1. The minimum Gasteiger partial charge on any atom is -0.450 e. The lowest BCUT2D eigenvalue weighted by atomic mass is 10.1. The lowest BCUT2D eigenvalue weighted by Gasteiger charge is -2.14. The molecule has 0 aliphatic carbocycles. The Kier molecular flexibility index (Phi) is 4.03. The van der Waals surface area contributed by atoms with Crippen LogP contribution >= 0.6 is 15.9 Å². The fourth-order valence-electron chi connectivity index (χ4n) is 1.19. The highest BCUT2D eigenvalue weighted by Crippen LogP contribution is 2.21. The Morgan fingerprint density at radius 1 is 1.20 bits per heavy atom. The molecule has 0 saturated carbocycles. The second-order valence-corrected chi connectivity index (χ2v) is 4.07. The average molecular weight is 271 g/mol. The Morgan fingerprint density at radius 3 is 2.13 bits per heavy atom. The first-order valence-electron chi connectivity index (χ1n) is 4.44. The standard InChI is InChI=1S/C11H11BrO3/c1-7(13)11(15-8(2)14)9-3-5-10(12)6-4-9/h3-6,11H,1-2H3. The molecule has 0 heterocycles. The zero-order chi connectivity index (χ0) is 11.4. The SMILES string of the molecule is CC(=O)OC(C(C)=O)c1ccc(Br)cc1. The number of Topliss-reactive ketones (excluding diaryl/α,β-unsaturated/α-hetero) is 1. The van der Waals surface area contributed by atoms with Crippen LogP contribution in [0.2, 0.25) is 0 Å². The van der Waals surface area contributed by atoms with Gasteiger partial charge in [-0.2, -0.15) is 0 Å². The number of ether oxygens (including phenoxy) is 1. The third-order valence-electron chi connectivity index (χ3n) is 1.83. The average Bonchev–Trinajstić information content (AvgIpc) is 2.15. The van der Waals surface area contributed by atoms with Gasteiger partial charge in [0.25, 0.3) is 0 Å². The number of hydrogen-bond donors (Lipinski definition) is 0. The number of rotatable bonds is 3. The number of hydrogen-bond acceptors (Lipinski definition) is 3. The highest BCUT2D eigenvalue weighted by molar-refractivity contribution is 9.10. The van der Waals surface area contributed by atoms with Crippen LogP contribution in [0.5, 0.6) is 0 Å². The minimum atomic E-state index is -0.796. The summed E-state index contributed by atoms with van der Waals surface area (Å²) in [4.78, 5) is 22.1. The number of ketones is 1. The number of benzene rings is 1. The first-order chi connectivity index (χ1) is 7.00. The van der Waals surface area contributed by atoms with E-state index in [0.717, 1.165) is 4.47 Å². The molecular weight excluding hydrogens is 260 g/mol. The van der Waals surface area contributed by atoms with E-state index in [-0.39, 0.29) is 5.78 Å². The molecule has 0 fully saturated rings. The Hall–Kier alpha value is -1.16. The smallest absolute Gasteiger partial charge is 0.303 e. The van der Waals surface area contributed by atoms with E-state index in [1.165, 1.54) is 13.8 Å². The molecule has 80 valence electrons. The van der Waals surface area contributed by atoms with Crippen molar-refractivity contribution >= 4 is 27.7 Å². The van der Waals surface area contributed by atoms with E-state index in [0.29, 0.717) is 5.56 Å². The lowest BCUT2D eigenvalue weighted by molar-refractivity contribution is -0.152. The van der Waals surface area contributed by atoms with Crippen LogP contribution in [0.25, 0.3) is 0 Å². The fraction of sp³-hybridized carbons (Fsp3) is 0.273. The first kappa shape index (κ1) is 11.9. The van der Waals surface area contributed by atoms with Crippen LogP contribution in [-0.4, -0.2) is 11.8 Å². The number of carbonyl (C=O) groups excluding carboxylic acids is 2. The largest absolute Gasteiger partial charge is 0.450 e. The van der Waals surface area contributed by atoms with Crippen LogP contribution in [0.1, 0.15) is 25.5 Å². The van der Waals surface area contributed by atoms with Gasteiger partial charge in [0, 0.05) is 17.0 Å². The summed E-state index contributed by atoms with van der Waals surface area (Å²) in [5, 5.41) is 0. The van der Waals surface area contributed by atoms with E-state index in [4.69, 9.17) is 4.74 Å². The molecule has 0 aromatic heterocycles. The van der Waals surface area contributed by atoms with Gasteiger partial charge in [0.15, 0.2) is 11.9 Å². The maximum atomic E-state index is 11.3. The molecule has 0 bridgehead atoms. The third kappa shape index (κ3) is 3.47. The van der Waals surface area contributed by atoms with Crippen LogP contribution in [0.4, 0.5) is 0 Å². The molecule has 0 saturated heterocycles. The van der Waals surface area contributed by atoms with Gasteiger partial charge >= 0.3 is 5.97 Å². The van der Waals surface area contributed by atoms with Gasteiger partial charge in [-0.3, -0.25) is 9.59 Å². The van der Waals surface area contributed by atoms with Crippen molar-refractivity contribution in [3.8, 4) is 0 Å². The van der Waals surface area contributed by atoms with Crippen LogP contribution < -0.4 is 0 Å². The minimum absolute atomic E-state index is 0.187. The van der Waals surface area contributed by atoms with Crippen LogP contribution in [0, 0.1) is 0 Å². The normalized spacial score (nSPS) is 11.9. The summed E-state index contributed by atoms with van der Waals surface area (Å²) in [6, 6.07) is 7.10. The molecule has 0 amide bonds. The monoisotopic (exact) mass is 270 g/mol. The Balaban J connectivity index is 2.94. The fourth-order valence-corrected chi connectivity index (χ4v) is 1.45. The predicted molar refractivity (Wildman–Crippen MR) is 59.3 cm³/mol. The molecule has 0 aliphatic rings. The quantitative estimate of drug-likeness (QED) is 0.794. The highest BCUT2D eigenvalue weighted by atomic mass is 79.9. The van der Waals surface area contributed by atoms with Crippen molar-refractivity contribution in [3.05, 3.63) is 34.3 Å². The zero-order valence-electron chi connectivity index (χ0n) is 8.49. The second-order valence-electron chi connectivity index (χ2n) is 3.15. The molecule has 1 aromatic carbocycles. The molecule has 1 rings (SSSR count). The van der Waals surface area contributed by atoms with Gasteiger partial charge in [-0.1, -0.05) is 28.1 Å². The number of carbonyl (C=O) groups is 2. The molecule has 1 unspecified atom stereocenters. The van der Waals surface area contributed by atoms with Gasteiger partial charge < -0.3 is 4.74 Å². The second kappa shape index (κ2) is 5.07. The summed E-state index contributed by atoms with van der Waals surface area (Å²) in [7, 11) is 0. The van der Waals surface area contributed by atoms with E-state index in [1.807, 2.05) is 0 Å². The molecule has 0 spiro atoms. The molecule has 1 atom stereocenters. The lowest BCUT2D eigenvalue weighted by Crippen LogP contribution is -2.15. The summed E-state index contributed by atoms with van der Waals surface area (Å²) in [6.45, 7) is 2.68. The van der Waals surface area contributed by atoms with Gasteiger partial charge in [-0.15, -0.1) is 0 Å². The summed E-state index contributed by atoms with van der Waals surface area (Å²) in [5.41, 5.74) is 0.681. The van der Waals surface area contributed by atoms with E-state index in [2.05, 4.69) is 15.9 Å². The van der Waals surface area contributed by atoms with Crippen LogP contribution in [0.15, 0.2) is 28.7 Å². The van der Waals surface area contributed by atoms with E-state index < -0.39 is 12.1 Å². The molecule has 0 N–H and O–H groups in total. The van der Waals surface area contributed by atoms with Crippen molar-refractivity contribution in [3.63, 3.8) is 0 Å². The van der Waals surface area contributed by atoms with Gasteiger partial charge in [-0.25, -0.2) is 0 Å². The summed E-state index contributed by atoms with van der Waals surface area (Å²) in [5.74, 6) is -0.648. The van der Waals surface area contributed by atoms with Crippen molar-refractivity contribution in [2.45, 2.75) is 20.0 Å². The molecular formula is C11H11BrO3. The van der Waals surface area contributed by atoms with Crippen molar-refractivity contribution in [2.24, 2.45) is 0 Å². The molecule has 0 radical (unpaired) electrons. The topological polar surface area (TPSA) is 43.4 Å². The molecule has 15 heavy (non-hydrogen) atoms. The van der Waals surface area contributed by atoms with Crippen LogP contribution in [-0.2, 0) is 14.3 Å². The molecule has 1 aromatic rings. The first-order valence-corrected chi connectivity index (χ1v) is 5.23. The molecule has 3 nitrogen and oxygen atoms in total. The number of halogens is 1. The Morgan fingerprint density at radius 2 is 1.73 bits per heavy atom. The Bertz CT molecular complexity index is 370. The predicted octanol–water partition coefficient (Wildman–Crippen LogP) is 2.64. The summed E-state index contributed by atoms with van der Waals surface area (Å²) in [6.07, 6.45) is -0.796. The highest BCUT2D eigenvalue weighted by Gasteiger charge is 2.19. The van der Waals surface area contributed by atoms with Crippen LogP contribution in [0.3, 0.4) is 0 Å². The van der Waals surface area contributed by atoms with E-state index in [9.17, 15) is 9.59 Å². The molecule has 4 heteroatoms. The van der Waals surface area contributed by atoms with Crippen molar-refractivity contribution in [1.29, 1.82) is 0 Å². The summed E-state index contributed by atoms with van der Waals surface area (Å²) < 4.78 is 5.85.